The molecule has 0 spiro atoms. The number of likely N-dealkylation sites (tertiary alicyclic amines) is 1. The summed E-state index contributed by atoms with van der Waals surface area (Å²) in [4.78, 5) is 4.74. The van der Waals surface area contributed by atoms with Crippen LogP contribution in [0.3, 0.4) is 0 Å². The molecular formula is C16H35N3O. The average Bonchev–Trinajstić information content (AvgIpc) is 2.66. The molecule has 20 heavy (non-hydrogen) atoms. The molecule has 3 atom stereocenters. The van der Waals surface area contributed by atoms with Gasteiger partial charge in [0.1, 0.15) is 0 Å². The van der Waals surface area contributed by atoms with Crippen LogP contribution >= 0.6 is 0 Å². The Morgan fingerprint density at radius 3 is 2.60 bits per heavy atom. The van der Waals surface area contributed by atoms with Crippen molar-refractivity contribution in [2.24, 2.45) is 5.41 Å². The molecule has 0 aromatic heterocycles. The zero-order valence-electron chi connectivity index (χ0n) is 14.2. The molecule has 0 aromatic rings. The molecule has 0 saturated carbocycles. The number of aliphatic hydroxyl groups excluding tert-OH is 1. The second kappa shape index (κ2) is 8.32. The van der Waals surface area contributed by atoms with Crippen molar-refractivity contribution in [3.63, 3.8) is 0 Å². The summed E-state index contributed by atoms with van der Waals surface area (Å²) in [6.45, 7) is 11.9. The first kappa shape index (κ1) is 17.9. The van der Waals surface area contributed by atoms with Gasteiger partial charge >= 0.3 is 0 Å². The SMILES string of the molecule is CCCC(C)(CNCC)CN1CC(O)CC1CN(C)C. The standard InChI is InChI=1S/C16H35N3O/c1-6-8-16(3,12-17-7-2)13-19-11-15(20)9-14(19)10-18(4)5/h14-15,17,20H,6-13H2,1-5H3. The van der Waals surface area contributed by atoms with Gasteiger partial charge in [-0.1, -0.05) is 27.2 Å². The fourth-order valence-corrected chi connectivity index (χ4v) is 3.51. The summed E-state index contributed by atoms with van der Waals surface area (Å²) in [5.74, 6) is 0. The predicted octanol–water partition coefficient (Wildman–Crippen LogP) is 1.40. The van der Waals surface area contributed by atoms with E-state index in [-0.39, 0.29) is 6.10 Å². The highest BCUT2D eigenvalue weighted by Crippen LogP contribution is 2.28. The summed E-state index contributed by atoms with van der Waals surface area (Å²) >= 11 is 0. The van der Waals surface area contributed by atoms with Gasteiger partial charge in [-0.2, -0.15) is 0 Å². The Labute approximate surface area is 125 Å². The second-order valence-corrected chi connectivity index (χ2v) is 7.08. The normalized spacial score (nSPS) is 27.1. The maximum Gasteiger partial charge on any atom is 0.0682 e. The highest BCUT2D eigenvalue weighted by atomic mass is 16.3. The quantitative estimate of drug-likeness (QED) is 0.672. The van der Waals surface area contributed by atoms with E-state index in [0.29, 0.717) is 11.5 Å². The lowest BCUT2D eigenvalue weighted by Crippen LogP contribution is -2.46. The Hall–Kier alpha value is -0.160. The Kier molecular flexibility index (Phi) is 7.45. The van der Waals surface area contributed by atoms with Crippen molar-refractivity contribution in [2.75, 3.05) is 46.8 Å². The molecule has 4 nitrogen and oxygen atoms in total. The fraction of sp³-hybridized carbons (Fsp3) is 1.00. The summed E-state index contributed by atoms with van der Waals surface area (Å²) in [5, 5.41) is 13.5. The summed E-state index contributed by atoms with van der Waals surface area (Å²) in [6.07, 6.45) is 3.23. The second-order valence-electron chi connectivity index (χ2n) is 7.08. The van der Waals surface area contributed by atoms with Crippen molar-refractivity contribution in [3.05, 3.63) is 0 Å². The minimum absolute atomic E-state index is 0.148. The van der Waals surface area contributed by atoms with E-state index in [1.165, 1.54) is 12.8 Å². The zero-order chi connectivity index (χ0) is 15.2. The van der Waals surface area contributed by atoms with Crippen molar-refractivity contribution in [3.8, 4) is 0 Å². The maximum atomic E-state index is 10.0. The number of hydrogen-bond donors (Lipinski definition) is 2. The Morgan fingerprint density at radius 2 is 2.05 bits per heavy atom. The molecule has 3 unspecified atom stereocenters. The molecule has 1 fully saturated rings. The molecule has 1 heterocycles. The molecule has 1 aliphatic rings. The number of nitrogens with one attached hydrogen (secondary N) is 1. The Balaban J connectivity index is 2.64. The van der Waals surface area contributed by atoms with Gasteiger partial charge in [-0.05, 0) is 38.9 Å². The summed E-state index contributed by atoms with van der Waals surface area (Å²) in [7, 11) is 4.24. The number of rotatable bonds is 9. The predicted molar refractivity (Wildman–Crippen MR) is 86.1 cm³/mol. The molecular weight excluding hydrogens is 250 g/mol. The highest BCUT2D eigenvalue weighted by Gasteiger charge is 2.35. The van der Waals surface area contributed by atoms with Crippen molar-refractivity contribution >= 4 is 0 Å². The van der Waals surface area contributed by atoms with Crippen LogP contribution in [0.2, 0.25) is 0 Å². The molecule has 1 saturated heterocycles. The minimum Gasteiger partial charge on any atom is -0.392 e. The van der Waals surface area contributed by atoms with E-state index >= 15 is 0 Å². The van der Waals surface area contributed by atoms with Crippen LogP contribution in [0.15, 0.2) is 0 Å². The lowest BCUT2D eigenvalue weighted by Gasteiger charge is -2.37. The summed E-state index contributed by atoms with van der Waals surface area (Å²) in [6, 6.07) is 0.498. The van der Waals surface area contributed by atoms with E-state index in [4.69, 9.17) is 0 Å². The van der Waals surface area contributed by atoms with E-state index in [9.17, 15) is 5.11 Å². The molecule has 0 aliphatic carbocycles. The summed E-state index contributed by atoms with van der Waals surface area (Å²) in [5.41, 5.74) is 0.305. The van der Waals surface area contributed by atoms with E-state index < -0.39 is 0 Å². The number of nitrogens with zero attached hydrogens (tertiary/aromatic N) is 2. The number of likely N-dealkylation sites (N-methyl/N-ethyl adjacent to an activating group) is 1. The van der Waals surface area contributed by atoms with Crippen molar-refractivity contribution < 1.29 is 5.11 Å². The third-order valence-corrected chi connectivity index (χ3v) is 4.32. The number of β-amino-alcohol motifs (C(OH)–C–C–N with tert-alkyl or cyclic N) is 1. The molecule has 1 aliphatic heterocycles. The van der Waals surface area contributed by atoms with E-state index in [0.717, 1.165) is 39.1 Å². The van der Waals surface area contributed by atoms with Gasteiger partial charge in [-0.15, -0.1) is 0 Å². The van der Waals surface area contributed by atoms with Crippen molar-refractivity contribution in [1.82, 2.24) is 15.1 Å². The van der Waals surface area contributed by atoms with Crippen LogP contribution < -0.4 is 5.32 Å². The minimum atomic E-state index is -0.148. The van der Waals surface area contributed by atoms with Gasteiger partial charge in [0.25, 0.3) is 0 Å². The third kappa shape index (κ3) is 5.68. The highest BCUT2D eigenvalue weighted by molar-refractivity contribution is 4.91. The summed E-state index contributed by atoms with van der Waals surface area (Å²) < 4.78 is 0. The molecule has 0 amide bonds. The van der Waals surface area contributed by atoms with Crippen LogP contribution in [0.25, 0.3) is 0 Å². The first-order chi connectivity index (χ1) is 9.40. The first-order valence-corrected chi connectivity index (χ1v) is 8.17. The number of hydrogen-bond acceptors (Lipinski definition) is 4. The molecule has 4 heteroatoms. The Morgan fingerprint density at radius 1 is 1.35 bits per heavy atom. The lowest BCUT2D eigenvalue weighted by atomic mass is 9.84. The molecule has 2 N–H and O–H groups in total. The molecule has 0 radical (unpaired) electrons. The van der Waals surface area contributed by atoms with Crippen LogP contribution in [0, 0.1) is 5.41 Å². The maximum absolute atomic E-state index is 10.0. The smallest absolute Gasteiger partial charge is 0.0682 e. The van der Waals surface area contributed by atoms with E-state index in [2.05, 4.69) is 50.0 Å². The van der Waals surface area contributed by atoms with Crippen LogP contribution in [0.1, 0.15) is 40.0 Å². The van der Waals surface area contributed by atoms with E-state index in [1.54, 1.807) is 0 Å². The van der Waals surface area contributed by atoms with Crippen LogP contribution in [0.5, 0.6) is 0 Å². The van der Waals surface area contributed by atoms with Crippen LogP contribution in [-0.4, -0.2) is 73.9 Å². The van der Waals surface area contributed by atoms with E-state index in [1.807, 2.05) is 0 Å². The van der Waals surface area contributed by atoms with Gasteiger partial charge in [0.15, 0.2) is 0 Å². The van der Waals surface area contributed by atoms with Gasteiger partial charge in [-0.25, -0.2) is 0 Å². The average molecular weight is 285 g/mol. The molecule has 120 valence electrons. The van der Waals surface area contributed by atoms with Gasteiger partial charge in [0.05, 0.1) is 6.10 Å². The van der Waals surface area contributed by atoms with Crippen LogP contribution in [0.4, 0.5) is 0 Å². The Bertz CT molecular complexity index is 272. The monoisotopic (exact) mass is 285 g/mol. The topological polar surface area (TPSA) is 38.7 Å². The zero-order valence-corrected chi connectivity index (χ0v) is 14.2. The largest absolute Gasteiger partial charge is 0.392 e. The third-order valence-electron chi connectivity index (χ3n) is 4.32. The van der Waals surface area contributed by atoms with Gasteiger partial charge in [0.2, 0.25) is 0 Å². The fourth-order valence-electron chi connectivity index (χ4n) is 3.51. The number of aliphatic hydroxyl groups is 1. The van der Waals surface area contributed by atoms with Gasteiger partial charge in [-0.3, -0.25) is 4.90 Å². The van der Waals surface area contributed by atoms with Crippen LogP contribution in [-0.2, 0) is 0 Å². The van der Waals surface area contributed by atoms with Crippen molar-refractivity contribution in [1.29, 1.82) is 0 Å². The van der Waals surface area contributed by atoms with Gasteiger partial charge in [0, 0.05) is 32.2 Å². The molecule has 0 aromatic carbocycles. The van der Waals surface area contributed by atoms with Gasteiger partial charge < -0.3 is 15.3 Å². The van der Waals surface area contributed by atoms with Crippen molar-refractivity contribution in [2.45, 2.75) is 52.2 Å². The lowest BCUT2D eigenvalue weighted by molar-refractivity contribution is 0.115. The molecule has 0 bridgehead atoms. The first-order valence-electron chi connectivity index (χ1n) is 8.17. The molecule has 1 rings (SSSR count).